The Bertz CT molecular complexity index is 512. The Balaban J connectivity index is 1.99. The molecule has 2 aliphatic heterocycles. The van der Waals surface area contributed by atoms with Crippen LogP contribution in [0, 0.1) is 5.92 Å². The van der Waals surface area contributed by atoms with Gasteiger partial charge in [0, 0.05) is 36.7 Å². The summed E-state index contributed by atoms with van der Waals surface area (Å²) in [6.45, 7) is 10.1. The van der Waals surface area contributed by atoms with Crippen molar-refractivity contribution in [3.63, 3.8) is 0 Å². The zero-order chi connectivity index (χ0) is 14.5. The third-order valence-corrected chi connectivity index (χ3v) is 4.66. The molecule has 0 saturated carbocycles. The first-order valence-corrected chi connectivity index (χ1v) is 7.63. The van der Waals surface area contributed by atoms with Crippen LogP contribution in [0.25, 0.3) is 0 Å². The predicted molar refractivity (Wildman–Crippen MR) is 80.1 cm³/mol. The molecule has 1 saturated heterocycles. The van der Waals surface area contributed by atoms with Gasteiger partial charge in [0.25, 0.3) is 0 Å². The maximum absolute atomic E-state index is 9.71. The first-order valence-electron chi connectivity index (χ1n) is 7.63. The Kier molecular flexibility index (Phi) is 3.20. The predicted octanol–water partition coefficient (Wildman–Crippen LogP) is 3.72. The van der Waals surface area contributed by atoms with E-state index in [9.17, 15) is 5.11 Å². The number of hydrogen-bond donors (Lipinski definition) is 1. The van der Waals surface area contributed by atoms with E-state index in [2.05, 4.69) is 32.6 Å². The van der Waals surface area contributed by atoms with Crippen LogP contribution >= 0.6 is 0 Å². The van der Waals surface area contributed by atoms with E-state index in [-0.39, 0.29) is 11.4 Å². The van der Waals surface area contributed by atoms with Crippen molar-refractivity contribution in [2.75, 3.05) is 6.54 Å². The van der Waals surface area contributed by atoms with Gasteiger partial charge in [0.1, 0.15) is 17.1 Å². The molecule has 1 aromatic rings. The van der Waals surface area contributed by atoms with Crippen LogP contribution in [-0.2, 0) is 0 Å². The molecule has 3 atom stereocenters. The van der Waals surface area contributed by atoms with E-state index >= 15 is 0 Å². The molecule has 1 aromatic carbocycles. The van der Waals surface area contributed by atoms with Crippen molar-refractivity contribution >= 4 is 0 Å². The van der Waals surface area contributed by atoms with Crippen LogP contribution in [0.5, 0.6) is 11.5 Å². The van der Waals surface area contributed by atoms with Crippen molar-refractivity contribution in [3.05, 3.63) is 23.8 Å². The maximum Gasteiger partial charge on any atom is 0.128 e. The third kappa shape index (κ3) is 2.39. The number of rotatable bonds is 1. The highest BCUT2D eigenvalue weighted by Gasteiger charge is 2.40. The number of phenolic OH excluding ortho intramolecular Hbond substituents is 1. The molecule has 1 N–H and O–H groups in total. The molecule has 1 fully saturated rings. The SMILES string of the molecule is CC1CC(C)N(C2CC(C)(C)Oc3cc(O)ccc32)C1. The fourth-order valence-electron chi connectivity index (χ4n) is 3.86. The second-order valence-corrected chi connectivity index (χ2v) is 7.19. The van der Waals surface area contributed by atoms with E-state index in [1.807, 2.05) is 6.07 Å². The summed E-state index contributed by atoms with van der Waals surface area (Å²) in [4.78, 5) is 2.62. The third-order valence-electron chi connectivity index (χ3n) is 4.66. The van der Waals surface area contributed by atoms with Gasteiger partial charge in [0.15, 0.2) is 0 Å². The van der Waals surface area contributed by atoms with E-state index in [4.69, 9.17) is 4.74 Å². The Hall–Kier alpha value is -1.22. The van der Waals surface area contributed by atoms with Gasteiger partial charge >= 0.3 is 0 Å². The van der Waals surface area contributed by atoms with Crippen LogP contribution in [0.1, 0.15) is 52.1 Å². The topological polar surface area (TPSA) is 32.7 Å². The van der Waals surface area contributed by atoms with Gasteiger partial charge in [0.2, 0.25) is 0 Å². The summed E-state index contributed by atoms with van der Waals surface area (Å²) in [5, 5.41) is 9.71. The van der Waals surface area contributed by atoms with Gasteiger partial charge in [-0.3, -0.25) is 4.90 Å². The molecule has 0 radical (unpaired) electrons. The molecule has 0 aliphatic carbocycles. The van der Waals surface area contributed by atoms with Crippen molar-refractivity contribution in [2.45, 2.75) is 58.2 Å². The number of aromatic hydroxyl groups is 1. The smallest absolute Gasteiger partial charge is 0.128 e. The number of likely N-dealkylation sites (tertiary alicyclic amines) is 1. The van der Waals surface area contributed by atoms with Crippen molar-refractivity contribution in [1.29, 1.82) is 0 Å². The van der Waals surface area contributed by atoms with Gasteiger partial charge in [-0.15, -0.1) is 0 Å². The van der Waals surface area contributed by atoms with Gasteiger partial charge < -0.3 is 9.84 Å². The zero-order valence-corrected chi connectivity index (χ0v) is 12.9. The first kappa shape index (κ1) is 13.7. The standard InChI is InChI=1S/C17H25NO2/c1-11-7-12(2)18(10-11)15-9-17(3,4)20-16-8-13(19)5-6-14(15)16/h5-6,8,11-12,15,19H,7,9-10H2,1-4H3. The molecule has 3 heteroatoms. The quantitative estimate of drug-likeness (QED) is 0.847. The second-order valence-electron chi connectivity index (χ2n) is 7.19. The largest absolute Gasteiger partial charge is 0.508 e. The Morgan fingerprint density at radius 1 is 1.30 bits per heavy atom. The van der Waals surface area contributed by atoms with Crippen LogP contribution in [0.3, 0.4) is 0 Å². The molecule has 0 amide bonds. The summed E-state index contributed by atoms with van der Waals surface area (Å²) in [5.74, 6) is 1.89. The van der Waals surface area contributed by atoms with Gasteiger partial charge in [-0.2, -0.15) is 0 Å². The number of phenols is 1. The zero-order valence-electron chi connectivity index (χ0n) is 12.9. The molecule has 3 nitrogen and oxygen atoms in total. The molecular formula is C17H25NO2. The van der Waals surface area contributed by atoms with Crippen molar-refractivity contribution in [1.82, 2.24) is 4.90 Å². The van der Waals surface area contributed by atoms with Crippen LogP contribution in [0.2, 0.25) is 0 Å². The fraction of sp³-hybridized carbons (Fsp3) is 0.647. The van der Waals surface area contributed by atoms with Crippen molar-refractivity contribution in [3.8, 4) is 11.5 Å². The highest BCUT2D eigenvalue weighted by Crippen LogP contribution is 2.46. The highest BCUT2D eigenvalue weighted by molar-refractivity contribution is 5.44. The Labute approximate surface area is 121 Å². The summed E-state index contributed by atoms with van der Waals surface area (Å²) >= 11 is 0. The fourth-order valence-corrected chi connectivity index (χ4v) is 3.86. The molecule has 0 spiro atoms. The van der Waals surface area contributed by atoms with E-state index in [1.54, 1.807) is 12.1 Å². The average Bonchev–Trinajstić information content (AvgIpc) is 2.65. The van der Waals surface area contributed by atoms with E-state index < -0.39 is 0 Å². The molecule has 2 heterocycles. The molecule has 20 heavy (non-hydrogen) atoms. The first-order chi connectivity index (χ1) is 9.35. The monoisotopic (exact) mass is 275 g/mol. The summed E-state index contributed by atoms with van der Waals surface area (Å²) < 4.78 is 6.07. The Morgan fingerprint density at radius 2 is 2.05 bits per heavy atom. The lowest BCUT2D eigenvalue weighted by Crippen LogP contribution is -2.42. The minimum absolute atomic E-state index is 0.184. The van der Waals surface area contributed by atoms with Crippen molar-refractivity contribution < 1.29 is 9.84 Å². The van der Waals surface area contributed by atoms with E-state index in [0.717, 1.165) is 24.6 Å². The molecule has 0 aromatic heterocycles. The molecule has 3 unspecified atom stereocenters. The summed E-state index contributed by atoms with van der Waals surface area (Å²) in [7, 11) is 0. The molecule has 0 bridgehead atoms. The maximum atomic E-state index is 9.71. The Morgan fingerprint density at radius 3 is 2.70 bits per heavy atom. The number of hydrogen-bond acceptors (Lipinski definition) is 3. The van der Waals surface area contributed by atoms with Crippen LogP contribution in [0.15, 0.2) is 18.2 Å². The average molecular weight is 275 g/mol. The van der Waals surface area contributed by atoms with Crippen LogP contribution < -0.4 is 4.74 Å². The summed E-state index contributed by atoms with van der Waals surface area (Å²) in [6, 6.07) is 6.57. The van der Waals surface area contributed by atoms with Crippen LogP contribution in [0.4, 0.5) is 0 Å². The highest BCUT2D eigenvalue weighted by atomic mass is 16.5. The lowest BCUT2D eigenvalue weighted by molar-refractivity contribution is 0.0267. The van der Waals surface area contributed by atoms with E-state index in [0.29, 0.717) is 12.1 Å². The van der Waals surface area contributed by atoms with Crippen LogP contribution in [-0.4, -0.2) is 28.2 Å². The van der Waals surface area contributed by atoms with Gasteiger partial charge in [0.05, 0.1) is 0 Å². The second kappa shape index (κ2) is 4.66. The van der Waals surface area contributed by atoms with Crippen molar-refractivity contribution in [2.24, 2.45) is 5.92 Å². The minimum Gasteiger partial charge on any atom is -0.508 e. The van der Waals surface area contributed by atoms with E-state index in [1.165, 1.54) is 12.0 Å². The van der Waals surface area contributed by atoms with Gasteiger partial charge in [-0.05, 0) is 39.2 Å². The number of fused-ring (bicyclic) bond motifs is 1. The molecule has 2 aliphatic rings. The minimum atomic E-state index is -0.184. The number of benzene rings is 1. The van der Waals surface area contributed by atoms with Gasteiger partial charge in [-0.25, -0.2) is 0 Å². The number of ether oxygens (including phenoxy) is 1. The summed E-state index contributed by atoms with van der Waals surface area (Å²) in [6.07, 6.45) is 2.27. The molecule has 110 valence electrons. The van der Waals surface area contributed by atoms with Gasteiger partial charge in [-0.1, -0.05) is 13.0 Å². The lowest BCUT2D eigenvalue weighted by Gasteiger charge is -2.42. The molecular weight excluding hydrogens is 250 g/mol. The lowest BCUT2D eigenvalue weighted by atomic mass is 9.88. The molecule has 3 rings (SSSR count). The summed E-state index contributed by atoms with van der Waals surface area (Å²) in [5.41, 5.74) is 1.04. The number of nitrogens with zero attached hydrogens (tertiary/aromatic N) is 1. The normalized spacial score (nSPS) is 32.7.